The number of fused-ring (bicyclic) bond motifs is 8. The fourth-order valence-corrected chi connectivity index (χ4v) is 10.7. The zero-order chi connectivity index (χ0) is 27.4. The van der Waals surface area contributed by atoms with Crippen LogP contribution >= 0.6 is 0 Å². The lowest BCUT2D eigenvalue weighted by Crippen LogP contribution is -2.73. The summed E-state index contributed by atoms with van der Waals surface area (Å²) in [5.74, 6) is 0.0925. The molecule has 1 N–H and O–H groups in total. The Bertz CT molecular complexity index is 928. The molecule has 0 spiro atoms. The van der Waals surface area contributed by atoms with Crippen molar-refractivity contribution in [2.75, 3.05) is 0 Å². The molecular weight excluding hydrogens is 484 g/mol. The van der Waals surface area contributed by atoms with E-state index in [1.165, 1.54) is 6.92 Å². The summed E-state index contributed by atoms with van der Waals surface area (Å²) >= 11 is 0. The van der Waals surface area contributed by atoms with Gasteiger partial charge in [-0.1, -0.05) is 34.6 Å². The van der Waals surface area contributed by atoms with Crippen LogP contribution in [0.2, 0.25) is 18.1 Å². The number of rotatable bonds is 3. The molecule has 0 aromatic rings. The van der Waals surface area contributed by atoms with Gasteiger partial charge in [0.25, 0.3) is 0 Å². The molecule has 1 heterocycles. The SMILES string of the molecule is CC(=O)O[C@@]12C[C@H](O)CC[C@]1(C)C1CC[C@@]3(C)C(CC[C@@H]3O[Si](C)(C)C(C)(C)C)C1[C@H]1OC(C)(C)O[C@@H]12. The van der Waals surface area contributed by atoms with Gasteiger partial charge in [-0.25, -0.2) is 0 Å². The molecule has 3 unspecified atom stereocenters. The lowest BCUT2D eigenvalue weighted by Gasteiger charge is -2.67. The van der Waals surface area contributed by atoms with Gasteiger partial charge in [-0.3, -0.25) is 4.79 Å². The highest BCUT2D eigenvalue weighted by Crippen LogP contribution is 2.70. The molecule has 5 aliphatic rings. The summed E-state index contributed by atoms with van der Waals surface area (Å²) in [7, 11) is -1.91. The Hall–Kier alpha value is -0.473. The second-order valence-electron chi connectivity index (χ2n) is 15.6. The van der Waals surface area contributed by atoms with E-state index >= 15 is 0 Å². The summed E-state index contributed by atoms with van der Waals surface area (Å²) in [4.78, 5) is 12.6. The van der Waals surface area contributed by atoms with Gasteiger partial charge < -0.3 is 23.7 Å². The summed E-state index contributed by atoms with van der Waals surface area (Å²) in [5.41, 5.74) is -1.05. The van der Waals surface area contributed by atoms with Crippen molar-refractivity contribution in [3.05, 3.63) is 0 Å². The number of esters is 1. The molecular formula is C30H52O6Si. The van der Waals surface area contributed by atoms with Crippen molar-refractivity contribution in [1.82, 2.24) is 0 Å². The molecule has 5 fully saturated rings. The Labute approximate surface area is 225 Å². The van der Waals surface area contributed by atoms with E-state index in [0.717, 1.165) is 38.5 Å². The first kappa shape index (κ1) is 28.1. The molecule has 0 aromatic heterocycles. The Balaban J connectivity index is 1.56. The minimum absolute atomic E-state index is 0.100. The van der Waals surface area contributed by atoms with Gasteiger partial charge in [-0.15, -0.1) is 0 Å². The first-order valence-corrected chi connectivity index (χ1v) is 17.7. The third kappa shape index (κ3) is 4.03. The van der Waals surface area contributed by atoms with Crippen LogP contribution in [0.1, 0.15) is 100 Å². The van der Waals surface area contributed by atoms with Crippen LogP contribution in [0.5, 0.6) is 0 Å². The number of carbonyl (C=O) groups excluding carboxylic acids is 1. The fraction of sp³-hybridized carbons (Fsp3) is 0.967. The van der Waals surface area contributed by atoms with Gasteiger partial charge in [0.05, 0.1) is 18.3 Å². The Kier molecular flexibility index (Phi) is 6.46. The summed E-state index contributed by atoms with van der Waals surface area (Å²) in [5, 5.41) is 11.1. The summed E-state index contributed by atoms with van der Waals surface area (Å²) in [6, 6.07) is 0. The van der Waals surface area contributed by atoms with Crippen LogP contribution in [0.4, 0.5) is 0 Å². The number of aliphatic hydroxyl groups is 1. The minimum atomic E-state index is -1.91. The van der Waals surface area contributed by atoms with E-state index in [-0.39, 0.29) is 40.1 Å². The van der Waals surface area contributed by atoms with Crippen molar-refractivity contribution in [1.29, 1.82) is 0 Å². The standard InChI is InChI=1S/C30H52O6Si/c1-18(31)33-30-17-19(32)13-16-29(30,8)21-14-15-28(7)20(23(21)24-25(30)35-27(5,6)34-24)11-12-22(28)36-37(9,10)26(2,3)4/h19-25,32H,11-17H2,1-10H3/t19-,20?,21?,22+,23?,24-,25+,28+,29-,30-/m1/s1. The maximum atomic E-state index is 12.6. The maximum Gasteiger partial charge on any atom is 0.303 e. The van der Waals surface area contributed by atoms with Gasteiger partial charge in [-0.05, 0) is 93.7 Å². The van der Waals surface area contributed by atoms with E-state index in [0.29, 0.717) is 24.2 Å². The summed E-state index contributed by atoms with van der Waals surface area (Å²) < 4.78 is 27.0. The van der Waals surface area contributed by atoms with Gasteiger partial charge in [0.2, 0.25) is 0 Å². The van der Waals surface area contributed by atoms with Gasteiger partial charge in [0.15, 0.2) is 14.1 Å². The molecule has 0 aromatic carbocycles. The molecule has 6 nitrogen and oxygen atoms in total. The van der Waals surface area contributed by atoms with Gasteiger partial charge in [0, 0.05) is 18.8 Å². The molecule has 0 amide bonds. The molecule has 7 heteroatoms. The molecule has 4 saturated carbocycles. The molecule has 37 heavy (non-hydrogen) atoms. The zero-order valence-electron chi connectivity index (χ0n) is 25.0. The Morgan fingerprint density at radius 1 is 0.973 bits per heavy atom. The minimum Gasteiger partial charge on any atom is -0.456 e. The molecule has 10 atom stereocenters. The van der Waals surface area contributed by atoms with E-state index in [4.69, 9.17) is 18.6 Å². The largest absolute Gasteiger partial charge is 0.456 e. The average Bonchev–Trinajstić information content (AvgIpc) is 3.24. The van der Waals surface area contributed by atoms with Gasteiger partial charge >= 0.3 is 5.97 Å². The molecule has 1 aliphatic heterocycles. The maximum absolute atomic E-state index is 12.6. The number of carbonyl (C=O) groups is 1. The van der Waals surface area contributed by atoms with Crippen LogP contribution in [0.3, 0.4) is 0 Å². The van der Waals surface area contributed by atoms with Gasteiger partial charge in [-0.2, -0.15) is 0 Å². The van der Waals surface area contributed by atoms with Crippen LogP contribution < -0.4 is 0 Å². The normalized spacial score (nSPS) is 49.0. The van der Waals surface area contributed by atoms with Crippen LogP contribution in [0.15, 0.2) is 0 Å². The fourth-order valence-electron chi connectivity index (χ4n) is 9.28. The Morgan fingerprint density at radius 3 is 2.27 bits per heavy atom. The smallest absolute Gasteiger partial charge is 0.303 e. The quantitative estimate of drug-likeness (QED) is 0.342. The first-order valence-electron chi connectivity index (χ1n) is 14.8. The van der Waals surface area contributed by atoms with E-state index in [1.54, 1.807) is 0 Å². The third-order valence-corrected chi connectivity index (χ3v) is 16.6. The monoisotopic (exact) mass is 536 g/mol. The van der Waals surface area contributed by atoms with Crippen LogP contribution in [0, 0.1) is 28.6 Å². The average molecular weight is 537 g/mol. The number of aliphatic hydroxyl groups excluding tert-OH is 1. The predicted octanol–water partition coefficient (Wildman–Crippen LogP) is 6.21. The number of hydrogen-bond donors (Lipinski definition) is 1. The van der Waals surface area contributed by atoms with Crippen molar-refractivity contribution in [2.24, 2.45) is 28.6 Å². The van der Waals surface area contributed by atoms with E-state index < -0.39 is 25.8 Å². The molecule has 0 radical (unpaired) electrons. The summed E-state index contributed by atoms with van der Waals surface area (Å²) in [6.07, 6.45) is 5.66. The first-order chi connectivity index (χ1) is 16.9. The predicted molar refractivity (Wildman–Crippen MR) is 145 cm³/mol. The lowest BCUT2D eigenvalue weighted by molar-refractivity contribution is -0.283. The van der Waals surface area contributed by atoms with Crippen molar-refractivity contribution in [3.63, 3.8) is 0 Å². The number of ether oxygens (including phenoxy) is 3. The highest BCUT2D eigenvalue weighted by atomic mass is 28.4. The third-order valence-electron chi connectivity index (χ3n) is 12.1. The van der Waals surface area contributed by atoms with Gasteiger partial charge in [0.1, 0.15) is 11.7 Å². The van der Waals surface area contributed by atoms with Crippen LogP contribution in [-0.4, -0.2) is 55.2 Å². The second-order valence-corrected chi connectivity index (χ2v) is 20.4. The van der Waals surface area contributed by atoms with Crippen molar-refractivity contribution < 1.29 is 28.5 Å². The van der Waals surface area contributed by atoms with E-state index in [1.807, 2.05) is 13.8 Å². The lowest BCUT2D eigenvalue weighted by atomic mass is 9.42. The highest BCUT2D eigenvalue weighted by Gasteiger charge is 2.75. The molecule has 4 aliphatic carbocycles. The topological polar surface area (TPSA) is 74.2 Å². The second kappa shape index (κ2) is 8.51. The molecule has 5 rings (SSSR count). The summed E-state index contributed by atoms with van der Waals surface area (Å²) in [6.45, 7) is 22.0. The van der Waals surface area contributed by atoms with Crippen molar-refractivity contribution >= 4 is 14.3 Å². The van der Waals surface area contributed by atoms with Crippen molar-refractivity contribution in [3.8, 4) is 0 Å². The number of hydrogen-bond acceptors (Lipinski definition) is 6. The van der Waals surface area contributed by atoms with E-state index in [9.17, 15) is 9.90 Å². The van der Waals surface area contributed by atoms with E-state index in [2.05, 4.69) is 47.7 Å². The zero-order valence-corrected chi connectivity index (χ0v) is 26.0. The Morgan fingerprint density at radius 2 is 1.65 bits per heavy atom. The van der Waals surface area contributed by atoms with Crippen LogP contribution in [0.25, 0.3) is 0 Å². The molecule has 212 valence electrons. The highest BCUT2D eigenvalue weighted by molar-refractivity contribution is 6.74. The molecule has 0 bridgehead atoms. The van der Waals surface area contributed by atoms with Crippen molar-refractivity contribution in [2.45, 2.75) is 154 Å². The van der Waals surface area contributed by atoms with Crippen LogP contribution in [-0.2, 0) is 23.4 Å². The molecule has 1 saturated heterocycles.